The van der Waals surface area contributed by atoms with Gasteiger partial charge in [0.15, 0.2) is 0 Å². The van der Waals surface area contributed by atoms with E-state index in [-0.39, 0.29) is 43.4 Å². The average Bonchev–Trinajstić information content (AvgIpc) is 2.81. The third-order valence-corrected chi connectivity index (χ3v) is 5.72. The van der Waals surface area contributed by atoms with Gasteiger partial charge in [0.25, 0.3) is 0 Å². The van der Waals surface area contributed by atoms with Crippen LogP contribution in [0.2, 0.25) is 5.02 Å². The maximum atomic E-state index is 12.3. The Morgan fingerprint density at radius 1 is 1.40 bits per heavy atom. The second kappa shape index (κ2) is 7.66. The molecule has 1 N–H and O–H groups in total. The molecule has 0 saturated carbocycles. The third-order valence-electron chi connectivity index (χ3n) is 4.36. The van der Waals surface area contributed by atoms with Crippen molar-refractivity contribution in [1.82, 2.24) is 15.1 Å². The number of benzene rings is 1. The number of halogens is 1. The van der Waals surface area contributed by atoms with Crippen molar-refractivity contribution >= 4 is 41.2 Å². The number of likely N-dealkylation sites (N-methyl/N-ethyl adjacent to an activating group) is 1. The molecular formula is C17H20ClN3O3S. The minimum Gasteiger partial charge on any atom is -0.349 e. The number of hydrogen-bond acceptors (Lipinski definition) is 4. The molecule has 0 unspecified atom stereocenters. The Hall–Kier alpha value is -1.73. The molecule has 6 nitrogen and oxygen atoms in total. The largest absolute Gasteiger partial charge is 0.349 e. The molecule has 4 amide bonds. The molecule has 1 aromatic carbocycles. The first-order chi connectivity index (χ1) is 12.0. The van der Waals surface area contributed by atoms with Crippen molar-refractivity contribution in [2.24, 2.45) is 0 Å². The lowest BCUT2D eigenvalue weighted by atomic mass is 10.0. The van der Waals surface area contributed by atoms with Crippen molar-refractivity contribution in [1.29, 1.82) is 0 Å². The predicted molar refractivity (Wildman–Crippen MR) is 96.6 cm³/mol. The summed E-state index contributed by atoms with van der Waals surface area (Å²) in [6.07, 6.45) is 1.60. The van der Waals surface area contributed by atoms with Crippen molar-refractivity contribution < 1.29 is 14.4 Å². The van der Waals surface area contributed by atoms with Crippen LogP contribution in [0.3, 0.4) is 0 Å². The quantitative estimate of drug-likeness (QED) is 0.796. The Labute approximate surface area is 155 Å². The van der Waals surface area contributed by atoms with Crippen molar-refractivity contribution in [3.8, 4) is 0 Å². The molecule has 0 bridgehead atoms. The van der Waals surface area contributed by atoms with Gasteiger partial charge >= 0.3 is 6.03 Å². The number of rotatable bonds is 5. The molecule has 2 aliphatic rings. The van der Waals surface area contributed by atoms with Crippen LogP contribution in [-0.4, -0.2) is 53.5 Å². The minimum absolute atomic E-state index is 0.0383. The molecule has 25 heavy (non-hydrogen) atoms. The molecule has 2 aliphatic heterocycles. The van der Waals surface area contributed by atoms with Crippen LogP contribution in [-0.2, 0) is 9.59 Å². The Balaban J connectivity index is 1.52. The fraction of sp³-hybridized carbons (Fsp3) is 0.471. The molecule has 1 saturated heterocycles. The summed E-state index contributed by atoms with van der Waals surface area (Å²) in [6.45, 7) is 0.390. The summed E-state index contributed by atoms with van der Waals surface area (Å²) in [6, 6.07) is 5.42. The number of fused-ring (bicyclic) bond motifs is 1. The van der Waals surface area contributed by atoms with Crippen LogP contribution in [0.1, 0.15) is 30.9 Å². The van der Waals surface area contributed by atoms with Gasteiger partial charge in [-0.05, 0) is 36.6 Å². The summed E-state index contributed by atoms with van der Waals surface area (Å²) >= 11 is 7.85. The lowest BCUT2D eigenvalue weighted by molar-refractivity contribution is -0.126. The summed E-state index contributed by atoms with van der Waals surface area (Å²) in [5, 5.41) is 3.71. The van der Waals surface area contributed by atoms with Gasteiger partial charge in [-0.3, -0.25) is 14.5 Å². The first-order valence-corrected chi connectivity index (χ1v) is 9.59. The highest BCUT2D eigenvalue weighted by molar-refractivity contribution is 7.99. The van der Waals surface area contributed by atoms with Gasteiger partial charge in [0.05, 0.1) is 6.04 Å². The van der Waals surface area contributed by atoms with E-state index in [0.29, 0.717) is 11.4 Å². The Kier molecular flexibility index (Phi) is 5.54. The normalized spacial score (nSPS) is 20.0. The summed E-state index contributed by atoms with van der Waals surface area (Å²) in [5.41, 5.74) is 1.06. The van der Waals surface area contributed by atoms with Gasteiger partial charge < -0.3 is 10.2 Å². The fourth-order valence-corrected chi connectivity index (χ4v) is 4.35. The van der Waals surface area contributed by atoms with Gasteiger partial charge in [-0.25, -0.2) is 4.79 Å². The van der Waals surface area contributed by atoms with E-state index in [1.54, 1.807) is 18.8 Å². The second-order valence-corrected chi connectivity index (χ2v) is 7.80. The molecule has 1 fully saturated rings. The molecule has 0 radical (unpaired) electrons. The lowest BCUT2D eigenvalue weighted by Gasteiger charge is -2.26. The highest BCUT2D eigenvalue weighted by Gasteiger charge is 2.33. The van der Waals surface area contributed by atoms with Gasteiger partial charge in [-0.2, -0.15) is 0 Å². The van der Waals surface area contributed by atoms with Crippen LogP contribution in [0, 0.1) is 0 Å². The number of imide groups is 1. The van der Waals surface area contributed by atoms with E-state index in [4.69, 9.17) is 11.6 Å². The van der Waals surface area contributed by atoms with E-state index in [1.807, 2.05) is 18.2 Å². The molecule has 1 atom stereocenters. The highest BCUT2D eigenvalue weighted by atomic mass is 35.5. The number of carbonyl (C=O) groups is 3. The maximum Gasteiger partial charge on any atom is 0.326 e. The van der Waals surface area contributed by atoms with E-state index >= 15 is 0 Å². The minimum atomic E-state index is -0.293. The van der Waals surface area contributed by atoms with Crippen LogP contribution >= 0.6 is 23.4 Å². The number of carbonyl (C=O) groups excluding carboxylic acids is 3. The molecule has 1 aromatic rings. The fourth-order valence-electron chi connectivity index (χ4n) is 3.07. The monoisotopic (exact) mass is 381 g/mol. The topological polar surface area (TPSA) is 69.7 Å². The van der Waals surface area contributed by atoms with Gasteiger partial charge in [-0.15, -0.1) is 11.8 Å². The molecule has 3 rings (SSSR count). The number of nitrogens with zero attached hydrogens (tertiary/aromatic N) is 2. The third kappa shape index (κ3) is 4.10. The number of nitrogens with one attached hydrogen (secondary N) is 1. The Morgan fingerprint density at radius 3 is 2.92 bits per heavy atom. The van der Waals surface area contributed by atoms with Crippen LogP contribution in [0.25, 0.3) is 0 Å². The van der Waals surface area contributed by atoms with E-state index in [0.717, 1.165) is 22.6 Å². The summed E-state index contributed by atoms with van der Waals surface area (Å²) in [4.78, 5) is 39.5. The van der Waals surface area contributed by atoms with Crippen LogP contribution in [0.15, 0.2) is 23.1 Å². The van der Waals surface area contributed by atoms with E-state index < -0.39 is 0 Å². The van der Waals surface area contributed by atoms with Crippen LogP contribution < -0.4 is 5.32 Å². The first-order valence-electron chi connectivity index (χ1n) is 8.23. The number of amides is 4. The standard InChI is InChI=1S/C17H20ClN3O3S/c1-20-10-16(23)21(17(20)24)7-2-3-15(22)19-13-6-8-25-14-5-4-11(18)9-12(13)14/h4-5,9,13H,2-3,6-8,10H2,1H3,(H,19,22)/t13-/m0/s1. The summed E-state index contributed by atoms with van der Waals surface area (Å²) < 4.78 is 0. The first kappa shape index (κ1) is 18.1. The number of hydrogen-bond donors (Lipinski definition) is 1. The Bertz CT molecular complexity index is 712. The van der Waals surface area contributed by atoms with E-state index in [2.05, 4.69) is 5.32 Å². The van der Waals surface area contributed by atoms with Crippen LogP contribution in [0.4, 0.5) is 4.79 Å². The van der Waals surface area contributed by atoms with Crippen LogP contribution in [0.5, 0.6) is 0 Å². The smallest absolute Gasteiger partial charge is 0.326 e. The van der Waals surface area contributed by atoms with Gasteiger partial charge in [0.2, 0.25) is 11.8 Å². The lowest BCUT2D eigenvalue weighted by Crippen LogP contribution is -2.34. The molecule has 0 aromatic heterocycles. The van der Waals surface area contributed by atoms with Gasteiger partial charge in [0.1, 0.15) is 6.54 Å². The molecule has 8 heteroatoms. The SMILES string of the molecule is CN1CC(=O)N(CCCC(=O)N[C@H]2CCSc3ccc(Cl)cc32)C1=O. The van der Waals surface area contributed by atoms with Crippen molar-refractivity contribution in [3.63, 3.8) is 0 Å². The average molecular weight is 382 g/mol. The zero-order valence-corrected chi connectivity index (χ0v) is 15.5. The molecule has 134 valence electrons. The number of thioether (sulfide) groups is 1. The van der Waals surface area contributed by atoms with Gasteiger partial charge in [-0.1, -0.05) is 11.6 Å². The Morgan fingerprint density at radius 2 is 2.20 bits per heavy atom. The molecule has 0 spiro atoms. The number of urea groups is 1. The molecular weight excluding hydrogens is 362 g/mol. The summed E-state index contributed by atoms with van der Waals surface area (Å²) in [7, 11) is 1.59. The van der Waals surface area contributed by atoms with E-state index in [9.17, 15) is 14.4 Å². The molecule has 2 heterocycles. The summed E-state index contributed by atoms with van der Waals surface area (Å²) in [5.74, 6) is 0.666. The predicted octanol–water partition coefficient (Wildman–Crippen LogP) is 2.67. The van der Waals surface area contributed by atoms with Gasteiger partial charge in [0, 0.05) is 35.7 Å². The highest BCUT2D eigenvalue weighted by Crippen LogP contribution is 2.37. The zero-order chi connectivity index (χ0) is 18.0. The van der Waals surface area contributed by atoms with E-state index in [1.165, 1.54) is 9.80 Å². The second-order valence-electron chi connectivity index (χ2n) is 6.23. The van der Waals surface area contributed by atoms with Crippen molar-refractivity contribution in [2.75, 3.05) is 25.9 Å². The van der Waals surface area contributed by atoms with Crippen molar-refractivity contribution in [2.45, 2.75) is 30.2 Å². The zero-order valence-electron chi connectivity index (χ0n) is 14.0. The van der Waals surface area contributed by atoms with Crippen molar-refractivity contribution in [3.05, 3.63) is 28.8 Å². The maximum absolute atomic E-state index is 12.3. The molecule has 0 aliphatic carbocycles.